The van der Waals surface area contributed by atoms with Crippen LogP contribution in [0.1, 0.15) is 12.8 Å². The Balaban J connectivity index is 1.53. The van der Waals surface area contributed by atoms with Gasteiger partial charge in [0.2, 0.25) is 0 Å². The molecule has 0 spiro atoms. The van der Waals surface area contributed by atoms with E-state index < -0.39 is 10.2 Å². The summed E-state index contributed by atoms with van der Waals surface area (Å²) in [5.74, 6) is 0. The third-order valence-corrected chi connectivity index (χ3v) is 7.14. The van der Waals surface area contributed by atoms with Crippen molar-refractivity contribution in [3.63, 3.8) is 0 Å². The number of piperazine rings is 1. The van der Waals surface area contributed by atoms with Crippen LogP contribution in [-0.2, 0) is 14.9 Å². The highest BCUT2D eigenvalue weighted by Crippen LogP contribution is 2.22. The van der Waals surface area contributed by atoms with Gasteiger partial charge in [0.15, 0.2) is 0 Å². The van der Waals surface area contributed by atoms with Crippen molar-refractivity contribution < 1.29 is 13.2 Å². The van der Waals surface area contributed by atoms with E-state index in [1.807, 2.05) is 7.05 Å². The fourth-order valence-corrected chi connectivity index (χ4v) is 5.19. The minimum atomic E-state index is -3.27. The standard InChI is InChI=1S/C14H28N4O3S/c1-15-6-8-18(9-7-15)22(19,20)17-4-2-14(3-5-17)16-10-12-21-13-11-16/h14H,2-13H2,1H3. The molecule has 0 radical (unpaired) electrons. The Labute approximate surface area is 134 Å². The lowest BCUT2D eigenvalue weighted by molar-refractivity contribution is 0.00573. The molecule has 0 saturated carbocycles. The molecule has 0 amide bonds. The van der Waals surface area contributed by atoms with Gasteiger partial charge in [0.05, 0.1) is 13.2 Å². The molecule has 3 aliphatic heterocycles. The molecule has 0 N–H and O–H groups in total. The maximum atomic E-state index is 12.7. The monoisotopic (exact) mass is 332 g/mol. The first-order chi connectivity index (χ1) is 10.6. The minimum Gasteiger partial charge on any atom is -0.379 e. The van der Waals surface area contributed by atoms with E-state index in [4.69, 9.17) is 4.74 Å². The SMILES string of the molecule is CN1CCN(S(=O)(=O)N2CCC(N3CCOCC3)CC2)CC1. The molecule has 0 aliphatic carbocycles. The van der Waals surface area contributed by atoms with Crippen LogP contribution in [0.3, 0.4) is 0 Å². The molecule has 0 atom stereocenters. The second-order valence-corrected chi connectivity index (χ2v) is 8.42. The van der Waals surface area contributed by atoms with Crippen molar-refractivity contribution in [3.8, 4) is 0 Å². The Morgan fingerprint density at radius 2 is 1.36 bits per heavy atom. The normalized spacial score (nSPS) is 29.0. The fraction of sp³-hybridized carbons (Fsp3) is 1.00. The zero-order valence-corrected chi connectivity index (χ0v) is 14.3. The summed E-state index contributed by atoms with van der Waals surface area (Å²) in [6.45, 7) is 7.75. The molecule has 3 saturated heterocycles. The number of hydrogen-bond acceptors (Lipinski definition) is 5. The second-order valence-electron chi connectivity index (χ2n) is 6.49. The van der Waals surface area contributed by atoms with E-state index in [0.29, 0.717) is 32.2 Å². The molecule has 8 heteroatoms. The van der Waals surface area contributed by atoms with Crippen LogP contribution >= 0.6 is 0 Å². The maximum absolute atomic E-state index is 12.7. The molecule has 7 nitrogen and oxygen atoms in total. The van der Waals surface area contributed by atoms with Gasteiger partial charge in [0, 0.05) is 58.4 Å². The number of ether oxygens (including phenoxy) is 1. The fourth-order valence-electron chi connectivity index (χ4n) is 3.56. The first-order valence-corrected chi connectivity index (χ1v) is 9.72. The number of piperidine rings is 1. The highest BCUT2D eigenvalue weighted by Gasteiger charge is 2.35. The van der Waals surface area contributed by atoms with Crippen molar-refractivity contribution in [1.82, 2.24) is 18.4 Å². The first-order valence-electron chi connectivity index (χ1n) is 8.33. The van der Waals surface area contributed by atoms with Crippen molar-refractivity contribution in [1.29, 1.82) is 0 Å². The molecule has 0 bridgehead atoms. The summed E-state index contributed by atoms with van der Waals surface area (Å²) in [4.78, 5) is 4.64. The second kappa shape index (κ2) is 7.11. The van der Waals surface area contributed by atoms with Crippen molar-refractivity contribution in [2.24, 2.45) is 0 Å². The minimum absolute atomic E-state index is 0.517. The van der Waals surface area contributed by atoms with Crippen LogP contribution in [0.2, 0.25) is 0 Å². The van der Waals surface area contributed by atoms with Crippen LogP contribution in [0, 0.1) is 0 Å². The number of nitrogens with zero attached hydrogens (tertiary/aromatic N) is 4. The Bertz CT molecular complexity index is 451. The van der Waals surface area contributed by atoms with Crippen LogP contribution in [0.5, 0.6) is 0 Å². The largest absolute Gasteiger partial charge is 0.379 e. The molecule has 0 aromatic heterocycles. The smallest absolute Gasteiger partial charge is 0.282 e. The maximum Gasteiger partial charge on any atom is 0.282 e. The van der Waals surface area contributed by atoms with E-state index in [1.165, 1.54) is 0 Å². The Morgan fingerprint density at radius 3 is 1.95 bits per heavy atom. The summed E-state index contributed by atoms with van der Waals surface area (Å²) >= 11 is 0. The lowest BCUT2D eigenvalue weighted by Crippen LogP contribution is -2.55. The van der Waals surface area contributed by atoms with Gasteiger partial charge < -0.3 is 9.64 Å². The molecule has 0 aromatic rings. The molecule has 3 rings (SSSR count). The summed E-state index contributed by atoms with van der Waals surface area (Å²) in [5, 5.41) is 0. The third-order valence-electron chi connectivity index (χ3n) is 5.10. The van der Waals surface area contributed by atoms with Crippen LogP contribution in [0.15, 0.2) is 0 Å². The van der Waals surface area contributed by atoms with E-state index in [1.54, 1.807) is 8.61 Å². The number of likely N-dealkylation sites (N-methyl/N-ethyl adjacent to an activating group) is 1. The van der Waals surface area contributed by atoms with Gasteiger partial charge in [-0.2, -0.15) is 17.0 Å². The quantitative estimate of drug-likeness (QED) is 0.682. The highest BCUT2D eigenvalue weighted by molar-refractivity contribution is 7.86. The molecule has 3 aliphatic rings. The van der Waals surface area contributed by atoms with Gasteiger partial charge in [-0.25, -0.2) is 0 Å². The molecule has 22 heavy (non-hydrogen) atoms. The van der Waals surface area contributed by atoms with Gasteiger partial charge in [0.1, 0.15) is 0 Å². The number of hydrogen-bond donors (Lipinski definition) is 0. The molecule has 0 unspecified atom stereocenters. The van der Waals surface area contributed by atoms with Crippen molar-refractivity contribution >= 4 is 10.2 Å². The molecule has 3 fully saturated rings. The predicted octanol–water partition coefficient (Wildman–Crippen LogP) is -0.725. The zero-order valence-electron chi connectivity index (χ0n) is 13.5. The van der Waals surface area contributed by atoms with Gasteiger partial charge in [-0.1, -0.05) is 0 Å². The average Bonchev–Trinajstić information content (AvgIpc) is 2.56. The van der Waals surface area contributed by atoms with E-state index >= 15 is 0 Å². The van der Waals surface area contributed by atoms with Crippen LogP contribution in [0.4, 0.5) is 0 Å². The highest BCUT2D eigenvalue weighted by atomic mass is 32.2. The van der Waals surface area contributed by atoms with Crippen LogP contribution in [0.25, 0.3) is 0 Å². The van der Waals surface area contributed by atoms with Gasteiger partial charge in [-0.3, -0.25) is 4.90 Å². The number of morpholine rings is 1. The number of rotatable bonds is 3. The first kappa shape index (κ1) is 16.6. The lowest BCUT2D eigenvalue weighted by Gasteiger charge is -2.41. The van der Waals surface area contributed by atoms with Gasteiger partial charge >= 0.3 is 0 Å². The summed E-state index contributed by atoms with van der Waals surface area (Å²) in [6, 6.07) is 0.517. The van der Waals surface area contributed by atoms with E-state index in [-0.39, 0.29) is 0 Å². The van der Waals surface area contributed by atoms with E-state index in [9.17, 15) is 8.42 Å². The average molecular weight is 332 g/mol. The molecule has 0 aromatic carbocycles. The Kier molecular flexibility index (Phi) is 5.36. The summed E-state index contributed by atoms with van der Waals surface area (Å²) < 4.78 is 34.2. The van der Waals surface area contributed by atoms with Gasteiger partial charge in [-0.15, -0.1) is 0 Å². The summed E-state index contributed by atoms with van der Waals surface area (Å²) in [7, 11) is -1.23. The molecule has 3 heterocycles. The molecule has 128 valence electrons. The van der Waals surface area contributed by atoms with Crippen molar-refractivity contribution in [3.05, 3.63) is 0 Å². The van der Waals surface area contributed by atoms with Crippen LogP contribution in [-0.4, -0.2) is 105 Å². The Morgan fingerprint density at radius 1 is 0.818 bits per heavy atom. The van der Waals surface area contributed by atoms with Gasteiger partial charge in [0.25, 0.3) is 10.2 Å². The summed E-state index contributed by atoms with van der Waals surface area (Å²) in [5.41, 5.74) is 0. The van der Waals surface area contributed by atoms with Crippen molar-refractivity contribution in [2.75, 3.05) is 72.6 Å². The lowest BCUT2D eigenvalue weighted by atomic mass is 10.0. The topological polar surface area (TPSA) is 56.3 Å². The van der Waals surface area contributed by atoms with E-state index in [2.05, 4.69) is 9.80 Å². The molecular formula is C14H28N4O3S. The zero-order chi connectivity index (χ0) is 15.6. The molecular weight excluding hydrogens is 304 g/mol. The predicted molar refractivity (Wildman–Crippen MR) is 85.0 cm³/mol. The summed E-state index contributed by atoms with van der Waals surface area (Å²) in [6.07, 6.45) is 1.87. The van der Waals surface area contributed by atoms with Crippen LogP contribution < -0.4 is 0 Å². The van der Waals surface area contributed by atoms with E-state index in [0.717, 1.165) is 52.2 Å². The Hall–Kier alpha value is -0.250. The van der Waals surface area contributed by atoms with Crippen molar-refractivity contribution in [2.45, 2.75) is 18.9 Å². The third kappa shape index (κ3) is 3.63. The van der Waals surface area contributed by atoms with Gasteiger partial charge in [-0.05, 0) is 19.9 Å².